The van der Waals surface area contributed by atoms with Crippen LogP contribution in [0.2, 0.25) is 0 Å². The quantitative estimate of drug-likeness (QED) is 0.726. The van der Waals surface area contributed by atoms with Gasteiger partial charge in [-0.15, -0.1) is 0 Å². The first-order valence-electron chi connectivity index (χ1n) is 8.55. The Morgan fingerprint density at radius 3 is 2.11 bits per heavy atom. The zero-order valence-electron chi connectivity index (χ0n) is 15.9. The van der Waals surface area contributed by atoms with Gasteiger partial charge in [-0.1, -0.05) is 13.8 Å². The number of methoxy groups -OCH3 is 2. The highest BCUT2D eigenvalue weighted by atomic mass is 16.5. The number of anilines is 2. The first-order valence-corrected chi connectivity index (χ1v) is 8.55. The maximum absolute atomic E-state index is 12.1. The zero-order valence-corrected chi connectivity index (χ0v) is 15.9. The fourth-order valence-corrected chi connectivity index (χ4v) is 2.23. The van der Waals surface area contributed by atoms with Gasteiger partial charge in [0.05, 0.1) is 14.2 Å². The number of amides is 2. The molecule has 2 N–H and O–H groups in total. The van der Waals surface area contributed by atoms with Crippen LogP contribution in [0, 0.1) is 5.92 Å². The van der Waals surface area contributed by atoms with E-state index in [0.717, 1.165) is 5.56 Å². The van der Waals surface area contributed by atoms with Crippen LogP contribution in [0.1, 0.15) is 19.4 Å². The van der Waals surface area contributed by atoms with Crippen LogP contribution >= 0.6 is 0 Å². The first-order chi connectivity index (χ1) is 12.9. The largest absolute Gasteiger partial charge is 0.497 e. The second-order valence-electron chi connectivity index (χ2n) is 6.15. The molecule has 2 aromatic carbocycles. The molecule has 0 aliphatic heterocycles. The Morgan fingerprint density at radius 1 is 0.926 bits per heavy atom. The molecule has 142 valence electrons. The summed E-state index contributed by atoms with van der Waals surface area (Å²) in [6.07, 6.45) is 3.10. The molecule has 0 atom stereocenters. The minimum absolute atomic E-state index is 0.0526. The lowest BCUT2D eigenvalue weighted by molar-refractivity contribution is -0.119. The van der Waals surface area contributed by atoms with Crippen LogP contribution in [0.5, 0.6) is 11.5 Å². The predicted molar refractivity (Wildman–Crippen MR) is 107 cm³/mol. The Morgan fingerprint density at radius 2 is 1.56 bits per heavy atom. The van der Waals surface area contributed by atoms with Gasteiger partial charge >= 0.3 is 0 Å². The summed E-state index contributed by atoms with van der Waals surface area (Å²) in [6, 6.07) is 12.3. The van der Waals surface area contributed by atoms with Gasteiger partial charge in [0, 0.05) is 35.0 Å². The number of ether oxygens (including phenoxy) is 2. The molecule has 0 heterocycles. The second-order valence-corrected chi connectivity index (χ2v) is 6.15. The summed E-state index contributed by atoms with van der Waals surface area (Å²) >= 11 is 0. The Labute approximate surface area is 159 Å². The van der Waals surface area contributed by atoms with E-state index in [1.807, 2.05) is 19.9 Å². The topological polar surface area (TPSA) is 76.7 Å². The molecule has 0 saturated carbocycles. The molecule has 2 amide bonds. The summed E-state index contributed by atoms with van der Waals surface area (Å²) in [4.78, 5) is 23.8. The van der Waals surface area contributed by atoms with Gasteiger partial charge in [-0.25, -0.2) is 0 Å². The van der Waals surface area contributed by atoms with Crippen molar-refractivity contribution in [1.82, 2.24) is 0 Å². The summed E-state index contributed by atoms with van der Waals surface area (Å²) in [7, 11) is 3.14. The predicted octanol–water partition coefficient (Wildman–Crippen LogP) is 3.95. The highest BCUT2D eigenvalue weighted by molar-refractivity contribution is 6.02. The van der Waals surface area contributed by atoms with Gasteiger partial charge in [0.2, 0.25) is 11.8 Å². The van der Waals surface area contributed by atoms with Gasteiger partial charge in [0.1, 0.15) is 11.5 Å². The van der Waals surface area contributed by atoms with Crippen LogP contribution < -0.4 is 20.1 Å². The van der Waals surface area contributed by atoms with Crippen molar-refractivity contribution in [2.24, 2.45) is 5.92 Å². The van der Waals surface area contributed by atoms with Gasteiger partial charge in [-0.05, 0) is 42.5 Å². The van der Waals surface area contributed by atoms with Crippen LogP contribution in [0.4, 0.5) is 11.4 Å². The van der Waals surface area contributed by atoms with Crippen molar-refractivity contribution < 1.29 is 19.1 Å². The van der Waals surface area contributed by atoms with E-state index < -0.39 is 0 Å². The monoisotopic (exact) mass is 368 g/mol. The molecule has 27 heavy (non-hydrogen) atoms. The molecule has 0 fully saturated rings. The summed E-state index contributed by atoms with van der Waals surface area (Å²) in [6.45, 7) is 3.65. The number of carbonyl (C=O) groups excluding carboxylic acids is 2. The molecule has 6 heteroatoms. The maximum atomic E-state index is 12.1. The molecule has 0 bridgehead atoms. The van der Waals surface area contributed by atoms with Crippen LogP contribution in [0.15, 0.2) is 48.5 Å². The van der Waals surface area contributed by atoms with E-state index in [4.69, 9.17) is 9.47 Å². The van der Waals surface area contributed by atoms with Crippen molar-refractivity contribution >= 4 is 29.3 Å². The third-order valence-electron chi connectivity index (χ3n) is 3.80. The number of benzene rings is 2. The number of nitrogens with one attached hydrogen (secondary N) is 2. The van der Waals surface area contributed by atoms with E-state index in [1.54, 1.807) is 56.7 Å². The zero-order chi connectivity index (χ0) is 19.8. The Bertz CT molecular complexity index is 827. The molecular weight excluding hydrogens is 344 g/mol. The van der Waals surface area contributed by atoms with E-state index >= 15 is 0 Å². The van der Waals surface area contributed by atoms with Crippen LogP contribution in [0.3, 0.4) is 0 Å². The maximum Gasteiger partial charge on any atom is 0.248 e. The van der Waals surface area contributed by atoms with E-state index in [9.17, 15) is 9.59 Å². The van der Waals surface area contributed by atoms with Gasteiger partial charge in [-0.2, -0.15) is 0 Å². The van der Waals surface area contributed by atoms with Crippen molar-refractivity contribution in [2.75, 3.05) is 24.9 Å². The summed E-state index contributed by atoms with van der Waals surface area (Å²) in [5, 5.41) is 5.57. The van der Waals surface area contributed by atoms with E-state index in [-0.39, 0.29) is 17.7 Å². The van der Waals surface area contributed by atoms with E-state index in [1.165, 1.54) is 6.08 Å². The van der Waals surface area contributed by atoms with Crippen molar-refractivity contribution in [2.45, 2.75) is 13.8 Å². The molecule has 0 aromatic heterocycles. The molecular formula is C21H24N2O4. The molecule has 6 nitrogen and oxygen atoms in total. The third kappa shape index (κ3) is 5.88. The van der Waals surface area contributed by atoms with Crippen molar-refractivity contribution in [3.8, 4) is 11.5 Å². The Balaban J connectivity index is 1.99. The van der Waals surface area contributed by atoms with Crippen molar-refractivity contribution in [3.05, 3.63) is 54.1 Å². The van der Waals surface area contributed by atoms with Gasteiger partial charge in [-0.3, -0.25) is 9.59 Å². The minimum atomic E-state index is -0.271. The molecule has 0 unspecified atom stereocenters. The van der Waals surface area contributed by atoms with Crippen LogP contribution in [-0.2, 0) is 9.59 Å². The first kappa shape index (κ1) is 20.0. The lowest BCUT2D eigenvalue weighted by Gasteiger charge is -2.09. The SMILES string of the molecule is COc1ccc(/C=C/C(=O)Nc2ccc(NC(=O)C(C)C)cc2)c(OC)c1. The standard InChI is InChI=1S/C21H24N2O4/c1-14(2)21(25)23-17-9-7-16(8-10-17)22-20(24)12-6-15-5-11-18(26-3)13-19(15)27-4/h5-14H,1-4H3,(H,22,24)(H,23,25)/b12-6+. The fraction of sp³-hybridized carbons (Fsp3) is 0.238. The number of rotatable bonds is 7. The molecule has 0 aliphatic carbocycles. The molecule has 0 saturated heterocycles. The number of hydrogen-bond acceptors (Lipinski definition) is 4. The Hall–Kier alpha value is -3.28. The lowest BCUT2D eigenvalue weighted by Crippen LogP contribution is -2.17. The van der Waals surface area contributed by atoms with Gasteiger partial charge in [0.25, 0.3) is 0 Å². The molecule has 0 aliphatic rings. The van der Waals surface area contributed by atoms with Crippen molar-refractivity contribution in [1.29, 1.82) is 0 Å². The van der Waals surface area contributed by atoms with E-state index in [2.05, 4.69) is 10.6 Å². The second kappa shape index (κ2) is 9.43. The number of carbonyl (C=O) groups is 2. The molecule has 2 aromatic rings. The smallest absolute Gasteiger partial charge is 0.248 e. The van der Waals surface area contributed by atoms with Gasteiger partial charge in [0.15, 0.2) is 0 Å². The molecule has 0 spiro atoms. The van der Waals surface area contributed by atoms with Crippen LogP contribution in [0.25, 0.3) is 6.08 Å². The highest BCUT2D eigenvalue weighted by Crippen LogP contribution is 2.25. The minimum Gasteiger partial charge on any atom is -0.497 e. The normalized spacial score (nSPS) is 10.7. The van der Waals surface area contributed by atoms with Crippen molar-refractivity contribution in [3.63, 3.8) is 0 Å². The fourth-order valence-electron chi connectivity index (χ4n) is 2.23. The molecule has 2 rings (SSSR count). The van der Waals surface area contributed by atoms with E-state index in [0.29, 0.717) is 22.9 Å². The molecule has 0 radical (unpaired) electrons. The van der Waals surface area contributed by atoms with Gasteiger partial charge < -0.3 is 20.1 Å². The van der Waals surface area contributed by atoms with Crippen LogP contribution in [-0.4, -0.2) is 26.0 Å². The third-order valence-corrected chi connectivity index (χ3v) is 3.80. The highest BCUT2D eigenvalue weighted by Gasteiger charge is 2.07. The average molecular weight is 368 g/mol. The number of hydrogen-bond donors (Lipinski definition) is 2. The summed E-state index contributed by atoms with van der Waals surface area (Å²) in [5.41, 5.74) is 2.08. The Kier molecular flexibility index (Phi) is 7.00. The average Bonchev–Trinajstić information content (AvgIpc) is 2.67. The summed E-state index contributed by atoms with van der Waals surface area (Å²) in [5.74, 6) is 0.876. The summed E-state index contributed by atoms with van der Waals surface area (Å²) < 4.78 is 10.5. The lowest BCUT2D eigenvalue weighted by atomic mass is 10.1.